The fraction of sp³-hybridized carbons (Fsp3) is 0.600. The van der Waals surface area contributed by atoms with E-state index in [2.05, 4.69) is 17.2 Å². The predicted octanol–water partition coefficient (Wildman–Crippen LogP) is 0.819. The van der Waals surface area contributed by atoms with Gasteiger partial charge in [0.25, 0.3) is 5.91 Å². The second-order valence-corrected chi connectivity index (χ2v) is 4.94. The van der Waals surface area contributed by atoms with E-state index in [0.717, 1.165) is 25.2 Å². The van der Waals surface area contributed by atoms with Crippen LogP contribution in [0.1, 0.15) is 19.0 Å². The van der Waals surface area contributed by atoms with Gasteiger partial charge in [-0.25, -0.2) is 0 Å². The Morgan fingerprint density at radius 2 is 2.24 bits per heavy atom. The number of carbonyl (C=O) groups is 1. The minimum atomic E-state index is -0.00742. The lowest BCUT2D eigenvalue weighted by Gasteiger charge is -2.26. The van der Waals surface area contributed by atoms with E-state index in [9.17, 15) is 4.79 Å². The Morgan fingerprint density at radius 3 is 2.90 bits per heavy atom. The van der Waals surface area contributed by atoms with E-state index in [1.165, 1.54) is 0 Å². The molecule has 0 atom stereocenters. The number of ether oxygens (including phenoxy) is 2. The van der Waals surface area contributed by atoms with Gasteiger partial charge in [-0.15, -0.1) is 0 Å². The molecule has 1 fully saturated rings. The summed E-state index contributed by atoms with van der Waals surface area (Å²) in [4.78, 5) is 18.0. The van der Waals surface area contributed by atoms with Crippen molar-refractivity contribution >= 4 is 5.91 Å². The fourth-order valence-corrected chi connectivity index (χ4v) is 2.04. The van der Waals surface area contributed by atoms with Gasteiger partial charge in [0, 0.05) is 19.6 Å². The third kappa shape index (κ3) is 5.32. The first-order chi connectivity index (χ1) is 10.3. The van der Waals surface area contributed by atoms with Gasteiger partial charge in [0.2, 0.25) is 0 Å². The van der Waals surface area contributed by atoms with E-state index >= 15 is 0 Å². The van der Waals surface area contributed by atoms with Crippen molar-refractivity contribution in [3.05, 3.63) is 24.0 Å². The first-order valence-corrected chi connectivity index (χ1v) is 7.43. The van der Waals surface area contributed by atoms with Gasteiger partial charge in [0.05, 0.1) is 25.1 Å². The second kappa shape index (κ2) is 8.59. The Morgan fingerprint density at radius 1 is 1.43 bits per heavy atom. The van der Waals surface area contributed by atoms with Crippen LogP contribution in [0.3, 0.4) is 0 Å². The highest BCUT2D eigenvalue weighted by Gasteiger charge is 2.17. The van der Waals surface area contributed by atoms with Crippen LogP contribution in [0.2, 0.25) is 0 Å². The number of morpholine rings is 1. The van der Waals surface area contributed by atoms with Crippen molar-refractivity contribution in [1.29, 1.82) is 0 Å². The average Bonchev–Trinajstić information content (AvgIpc) is 2.55. The summed E-state index contributed by atoms with van der Waals surface area (Å²) in [5, 5.41) is 3.29. The van der Waals surface area contributed by atoms with Gasteiger partial charge in [0.15, 0.2) is 6.61 Å². The lowest BCUT2D eigenvalue weighted by molar-refractivity contribution is -0.137. The molecule has 2 rings (SSSR count). The SMILES string of the molecule is CCCNCc1ccc(OCC(=O)N2CCOCC2)cn1. The molecule has 6 nitrogen and oxygen atoms in total. The predicted molar refractivity (Wildman–Crippen MR) is 79.1 cm³/mol. The van der Waals surface area contributed by atoms with Crippen LogP contribution in [0.25, 0.3) is 0 Å². The van der Waals surface area contributed by atoms with Crippen molar-refractivity contribution in [1.82, 2.24) is 15.2 Å². The summed E-state index contributed by atoms with van der Waals surface area (Å²) in [6.45, 7) is 6.40. The molecule has 1 saturated heterocycles. The summed E-state index contributed by atoms with van der Waals surface area (Å²) in [6.07, 6.45) is 2.76. The number of pyridine rings is 1. The molecule has 0 aromatic carbocycles. The van der Waals surface area contributed by atoms with E-state index in [0.29, 0.717) is 32.1 Å². The van der Waals surface area contributed by atoms with Gasteiger partial charge >= 0.3 is 0 Å². The maximum absolute atomic E-state index is 11.9. The van der Waals surface area contributed by atoms with Crippen LogP contribution < -0.4 is 10.1 Å². The molecule has 0 spiro atoms. The number of rotatable bonds is 7. The van der Waals surface area contributed by atoms with Crippen LogP contribution in [0.4, 0.5) is 0 Å². The molecule has 1 aliphatic heterocycles. The molecule has 6 heteroatoms. The number of aromatic nitrogens is 1. The van der Waals surface area contributed by atoms with Crippen molar-refractivity contribution in [3.8, 4) is 5.75 Å². The topological polar surface area (TPSA) is 63.7 Å². The van der Waals surface area contributed by atoms with E-state index in [4.69, 9.17) is 9.47 Å². The number of carbonyl (C=O) groups excluding carboxylic acids is 1. The monoisotopic (exact) mass is 293 g/mol. The summed E-state index contributed by atoms with van der Waals surface area (Å²) in [7, 11) is 0. The zero-order valence-electron chi connectivity index (χ0n) is 12.5. The van der Waals surface area contributed by atoms with Crippen LogP contribution in [0.15, 0.2) is 18.3 Å². The summed E-state index contributed by atoms with van der Waals surface area (Å²) >= 11 is 0. The van der Waals surface area contributed by atoms with Crippen molar-refractivity contribution < 1.29 is 14.3 Å². The van der Waals surface area contributed by atoms with Gasteiger partial charge in [-0.05, 0) is 25.1 Å². The van der Waals surface area contributed by atoms with Crippen molar-refractivity contribution in [2.75, 3.05) is 39.5 Å². The summed E-state index contributed by atoms with van der Waals surface area (Å²) in [5.74, 6) is 0.614. The van der Waals surface area contributed by atoms with E-state index < -0.39 is 0 Å². The number of hydrogen-bond acceptors (Lipinski definition) is 5. The highest BCUT2D eigenvalue weighted by Crippen LogP contribution is 2.09. The van der Waals surface area contributed by atoms with Crippen LogP contribution in [0, 0.1) is 0 Å². The standard InChI is InChI=1S/C15H23N3O3/c1-2-5-16-10-13-3-4-14(11-17-13)21-12-15(19)18-6-8-20-9-7-18/h3-4,11,16H,2,5-10,12H2,1H3. The van der Waals surface area contributed by atoms with E-state index in [-0.39, 0.29) is 12.5 Å². The number of amides is 1. The Balaban J connectivity index is 1.73. The highest BCUT2D eigenvalue weighted by molar-refractivity contribution is 5.77. The van der Waals surface area contributed by atoms with Crippen LogP contribution in [0.5, 0.6) is 5.75 Å². The third-order valence-electron chi connectivity index (χ3n) is 3.26. The van der Waals surface area contributed by atoms with Crippen molar-refractivity contribution in [2.24, 2.45) is 0 Å². The maximum Gasteiger partial charge on any atom is 0.260 e. The third-order valence-corrected chi connectivity index (χ3v) is 3.26. The molecule has 0 unspecified atom stereocenters. The van der Waals surface area contributed by atoms with Gasteiger partial charge < -0.3 is 19.7 Å². The summed E-state index contributed by atoms with van der Waals surface area (Å²) in [6, 6.07) is 3.76. The molecule has 1 amide bonds. The van der Waals surface area contributed by atoms with Gasteiger partial charge in [0.1, 0.15) is 5.75 Å². The van der Waals surface area contributed by atoms with Crippen LogP contribution in [-0.4, -0.2) is 55.2 Å². The summed E-state index contributed by atoms with van der Waals surface area (Å²) < 4.78 is 10.7. The molecule has 2 heterocycles. The second-order valence-electron chi connectivity index (χ2n) is 4.94. The zero-order chi connectivity index (χ0) is 14.9. The lowest BCUT2D eigenvalue weighted by atomic mass is 10.3. The van der Waals surface area contributed by atoms with Crippen LogP contribution in [-0.2, 0) is 16.1 Å². The molecule has 0 aliphatic carbocycles. The fourth-order valence-electron chi connectivity index (χ4n) is 2.04. The maximum atomic E-state index is 11.9. The van der Waals surface area contributed by atoms with Crippen molar-refractivity contribution in [3.63, 3.8) is 0 Å². The van der Waals surface area contributed by atoms with Gasteiger partial charge in [-0.2, -0.15) is 0 Å². The average molecular weight is 293 g/mol. The van der Waals surface area contributed by atoms with Crippen LogP contribution >= 0.6 is 0 Å². The van der Waals surface area contributed by atoms with E-state index in [1.54, 1.807) is 11.1 Å². The largest absolute Gasteiger partial charge is 0.482 e. The first kappa shape index (κ1) is 15.7. The molecule has 1 aromatic rings. The minimum absolute atomic E-state index is 0.00742. The molecule has 1 N–H and O–H groups in total. The molecule has 1 aromatic heterocycles. The number of hydrogen-bond donors (Lipinski definition) is 1. The molecule has 0 saturated carbocycles. The highest BCUT2D eigenvalue weighted by atomic mass is 16.5. The molecule has 0 radical (unpaired) electrons. The number of nitrogens with one attached hydrogen (secondary N) is 1. The molecular weight excluding hydrogens is 270 g/mol. The Bertz CT molecular complexity index is 430. The van der Waals surface area contributed by atoms with Crippen molar-refractivity contribution in [2.45, 2.75) is 19.9 Å². The normalized spacial score (nSPS) is 15.0. The molecule has 1 aliphatic rings. The smallest absolute Gasteiger partial charge is 0.260 e. The molecular formula is C15H23N3O3. The van der Waals surface area contributed by atoms with E-state index in [1.807, 2.05) is 12.1 Å². The Hall–Kier alpha value is -1.66. The quantitative estimate of drug-likeness (QED) is 0.754. The summed E-state index contributed by atoms with van der Waals surface area (Å²) in [5.41, 5.74) is 0.968. The Kier molecular flexibility index (Phi) is 6.43. The van der Waals surface area contributed by atoms with Gasteiger partial charge in [-0.1, -0.05) is 6.92 Å². The molecule has 0 bridgehead atoms. The minimum Gasteiger partial charge on any atom is -0.482 e. The molecule has 21 heavy (non-hydrogen) atoms. The first-order valence-electron chi connectivity index (χ1n) is 7.43. The lowest BCUT2D eigenvalue weighted by Crippen LogP contribution is -2.42. The zero-order valence-corrected chi connectivity index (χ0v) is 12.5. The number of nitrogens with zero attached hydrogens (tertiary/aromatic N) is 2. The Labute approximate surface area is 125 Å². The van der Waals surface area contributed by atoms with Gasteiger partial charge in [-0.3, -0.25) is 9.78 Å². The molecule has 116 valence electrons.